The van der Waals surface area contributed by atoms with E-state index in [1.807, 2.05) is 30.3 Å². The Balaban J connectivity index is 1.75. The number of nitrogens with zero attached hydrogens (tertiary/aromatic N) is 3. The van der Waals surface area contributed by atoms with Gasteiger partial charge in [0.05, 0.1) is 40.4 Å². The summed E-state index contributed by atoms with van der Waals surface area (Å²) in [7, 11) is 1.26. The minimum Gasteiger partial charge on any atom is -0.465 e. The number of rotatable bonds is 12. The van der Waals surface area contributed by atoms with Gasteiger partial charge in [-0.25, -0.2) is 10.2 Å². The van der Waals surface area contributed by atoms with Gasteiger partial charge >= 0.3 is 5.97 Å². The fraction of sp³-hybridized carbons (Fsp3) is 0.154. The Morgan fingerprint density at radius 1 is 0.950 bits per heavy atom. The van der Waals surface area contributed by atoms with Crippen LogP contribution in [0.4, 0.5) is 11.4 Å². The molecule has 0 unspecified atom stereocenters. The first-order valence-electron chi connectivity index (χ1n) is 11.6. The number of hydrogen-bond donors (Lipinski definition) is 2. The Morgan fingerprint density at radius 2 is 1.57 bits per heavy atom. The van der Waals surface area contributed by atoms with Gasteiger partial charge in [-0.2, -0.15) is 16.9 Å². The highest BCUT2D eigenvalue weighted by molar-refractivity contribution is 7.98. The van der Waals surface area contributed by atoms with Gasteiger partial charge in [0.15, 0.2) is 0 Å². The van der Waals surface area contributed by atoms with Gasteiger partial charge in [0.25, 0.3) is 23.2 Å². The van der Waals surface area contributed by atoms with E-state index in [9.17, 15) is 34.6 Å². The molecule has 0 fully saturated rings. The third-order valence-electron chi connectivity index (χ3n) is 5.32. The van der Waals surface area contributed by atoms with Crippen LogP contribution >= 0.6 is 11.8 Å². The standard InChI is InChI=1S/C26H23N5O8S/c1-39-26(34)19-9-7-17(8-10-19)14-27-29-25(33)23(16-40-15-18-5-3-2-4-6-18)28-24(32)20-11-21(30(35)36)13-22(12-20)31(37)38/h2-14,23H,15-16H2,1H3,(H,28,32)(H,29,33)/b27-14-/t23-/m1/s1. The number of carbonyl (C=O) groups is 3. The molecular formula is C26H23N5O8S. The summed E-state index contributed by atoms with van der Waals surface area (Å²) in [4.78, 5) is 58.1. The van der Waals surface area contributed by atoms with Crippen LogP contribution in [-0.4, -0.2) is 52.7 Å². The number of non-ortho nitro benzene ring substituents is 2. The van der Waals surface area contributed by atoms with E-state index in [4.69, 9.17) is 0 Å². The Kier molecular flexibility index (Phi) is 10.4. The largest absolute Gasteiger partial charge is 0.465 e. The number of nitro groups is 2. The number of ether oxygens (including phenoxy) is 1. The average molecular weight is 566 g/mol. The number of carbonyl (C=O) groups excluding carboxylic acids is 3. The molecule has 0 aliphatic carbocycles. The Labute approximate surface area is 231 Å². The molecule has 0 saturated carbocycles. The van der Waals surface area contributed by atoms with Gasteiger partial charge in [-0.15, -0.1) is 0 Å². The van der Waals surface area contributed by atoms with Crippen molar-refractivity contribution in [1.29, 1.82) is 0 Å². The van der Waals surface area contributed by atoms with E-state index in [0.717, 1.165) is 23.8 Å². The van der Waals surface area contributed by atoms with E-state index in [1.165, 1.54) is 37.2 Å². The number of benzene rings is 3. The highest BCUT2D eigenvalue weighted by atomic mass is 32.2. The monoisotopic (exact) mass is 565 g/mol. The number of hydrazone groups is 1. The van der Waals surface area contributed by atoms with Gasteiger partial charge in [0, 0.05) is 23.6 Å². The second-order valence-electron chi connectivity index (χ2n) is 8.13. The smallest absolute Gasteiger partial charge is 0.337 e. The molecule has 40 heavy (non-hydrogen) atoms. The minimum absolute atomic E-state index is 0.104. The lowest BCUT2D eigenvalue weighted by molar-refractivity contribution is -0.394. The van der Waals surface area contributed by atoms with Crippen molar-refractivity contribution in [2.75, 3.05) is 12.9 Å². The molecule has 2 N–H and O–H groups in total. The maximum absolute atomic E-state index is 12.9. The van der Waals surface area contributed by atoms with Crippen molar-refractivity contribution in [3.63, 3.8) is 0 Å². The summed E-state index contributed by atoms with van der Waals surface area (Å²) in [5, 5.41) is 28.8. The lowest BCUT2D eigenvalue weighted by Gasteiger charge is -2.17. The number of nitro benzene ring substituents is 2. The number of hydrogen-bond acceptors (Lipinski definition) is 10. The predicted molar refractivity (Wildman–Crippen MR) is 147 cm³/mol. The first-order chi connectivity index (χ1) is 19.2. The summed E-state index contributed by atoms with van der Waals surface area (Å²) in [5.74, 6) is -1.46. The van der Waals surface area contributed by atoms with Crippen molar-refractivity contribution < 1.29 is 29.0 Å². The molecule has 0 saturated heterocycles. The van der Waals surface area contributed by atoms with Crippen molar-refractivity contribution >= 4 is 47.1 Å². The molecule has 0 aromatic heterocycles. The molecule has 0 bridgehead atoms. The lowest BCUT2D eigenvalue weighted by Crippen LogP contribution is -2.47. The van der Waals surface area contributed by atoms with Gasteiger partial charge in [0.1, 0.15) is 6.04 Å². The van der Waals surface area contributed by atoms with E-state index in [2.05, 4.69) is 20.6 Å². The molecule has 206 valence electrons. The van der Waals surface area contributed by atoms with Crippen LogP contribution in [0.5, 0.6) is 0 Å². The normalized spacial score (nSPS) is 11.4. The first-order valence-corrected chi connectivity index (χ1v) is 12.7. The summed E-state index contributed by atoms with van der Waals surface area (Å²) in [6.07, 6.45) is 1.33. The topological polar surface area (TPSA) is 183 Å². The van der Waals surface area contributed by atoms with Crippen LogP contribution in [-0.2, 0) is 15.3 Å². The molecule has 14 heteroatoms. The van der Waals surface area contributed by atoms with E-state index in [0.29, 0.717) is 16.9 Å². The third kappa shape index (κ3) is 8.46. The van der Waals surface area contributed by atoms with Crippen molar-refractivity contribution in [3.8, 4) is 0 Å². The molecule has 0 spiro atoms. The van der Waals surface area contributed by atoms with E-state index in [-0.39, 0.29) is 11.3 Å². The molecule has 0 heterocycles. The average Bonchev–Trinajstić information content (AvgIpc) is 2.96. The predicted octanol–water partition coefficient (Wildman–Crippen LogP) is 3.47. The van der Waals surface area contributed by atoms with E-state index >= 15 is 0 Å². The number of amides is 2. The van der Waals surface area contributed by atoms with Gasteiger partial charge < -0.3 is 10.1 Å². The molecule has 0 aliphatic heterocycles. The summed E-state index contributed by atoms with van der Waals surface area (Å²) in [5.41, 5.74) is 2.61. The minimum atomic E-state index is -1.14. The van der Waals surface area contributed by atoms with Crippen LogP contribution in [0.3, 0.4) is 0 Å². The summed E-state index contributed by atoms with van der Waals surface area (Å²) < 4.78 is 4.64. The molecule has 13 nitrogen and oxygen atoms in total. The molecule has 3 rings (SSSR count). The zero-order chi connectivity index (χ0) is 29.1. The maximum Gasteiger partial charge on any atom is 0.337 e. The van der Waals surface area contributed by atoms with Crippen LogP contribution < -0.4 is 10.7 Å². The zero-order valence-electron chi connectivity index (χ0n) is 21.0. The van der Waals surface area contributed by atoms with E-state index < -0.39 is 45.0 Å². The van der Waals surface area contributed by atoms with Crippen LogP contribution in [0.15, 0.2) is 77.9 Å². The molecule has 3 aromatic rings. The second kappa shape index (κ2) is 14.2. The SMILES string of the molecule is COC(=O)c1ccc(/C=N\NC(=O)[C@@H](CSCc2ccccc2)NC(=O)c2cc([N+](=O)[O-])cc([N+](=O)[O-])c2)cc1. The van der Waals surface area contributed by atoms with Crippen molar-refractivity contribution in [2.24, 2.45) is 5.10 Å². The molecule has 3 aromatic carbocycles. The van der Waals surface area contributed by atoms with Crippen molar-refractivity contribution in [3.05, 3.63) is 115 Å². The van der Waals surface area contributed by atoms with Gasteiger partial charge in [-0.3, -0.25) is 29.8 Å². The number of methoxy groups -OCH3 is 1. The quantitative estimate of drug-likeness (QED) is 0.144. The first kappa shape index (κ1) is 29.4. The van der Waals surface area contributed by atoms with E-state index in [1.54, 1.807) is 12.1 Å². The molecular weight excluding hydrogens is 542 g/mol. The van der Waals surface area contributed by atoms with Crippen molar-refractivity contribution in [2.45, 2.75) is 11.8 Å². The fourth-order valence-electron chi connectivity index (χ4n) is 3.30. The van der Waals surface area contributed by atoms with Gasteiger partial charge in [-0.1, -0.05) is 42.5 Å². The highest BCUT2D eigenvalue weighted by Gasteiger charge is 2.25. The van der Waals surface area contributed by atoms with Crippen molar-refractivity contribution in [1.82, 2.24) is 10.7 Å². The highest BCUT2D eigenvalue weighted by Crippen LogP contribution is 2.23. The third-order valence-corrected chi connectivity index (χ3v) is 6.43. The molecule has 1 atom stereocenters. The zero-order valence-corrected chi connectivity index (χ0v) is 21.8. The molecule has 2 amide bonds. The van der Waals surface area contributed by atoms with Gasteiger partial charge in [0.2, 0.25) is 0 Å². The Morgan fingerprint density at radius 3 is 2.15 bits per heavy atom. The number of esters is 1. The van der Waals surface area contributed by atoms with Crippen LogP contribution in [0.1, 0.15) is 31.8 Å². The Hall–Kier alpha value is -5.11. The fourth-order valence-corrected chi connectivity index (χ4v) is 4.32. The summed E-state index contributed by atoms with van der Waals surface area (Å²) in [6, 6.07) is 17.0. The number of thioether (sulfide) groups is 1. The number of nitrogens with one attached hydrogen (secondary N) is 2. The Bertz CT molecular complexity index is 1400. The summed E-state index contributed by atoms with van der Waals surface area (Å²) >= 11 is 1.34. The van der Waals surface area contributed by atoms with Crippen LogP contribution in [0, 0.1) is 20.2 Å². The van der Waals surface area contributed by atoms with Gasteiger partial charge in [-0.05, 0) is 23.3 Å². The lowest BCUT2D eigenvalue weighted by atomic mass is 10.1. The summed E-state index contributed by atoms with van der Waals surface area (Å²) in [6.45, 7) is 0. The molecule has 0 aliphatic rings. The maximum atomic E-state index is 12.9. The second-order valence-corrected chi connectivity index (χ2v) is 9.16. The van der Waals surface area contributed by atoms with Crippen LogP contribution in [0.2, 0.25) is 0 Å². The van der Waals surface area contributed by atoms with Crippen LogP contribution in [0.25, 0.3) is 0 Å². The molecule has 0 radical (unpaired) electrons.